The lowest BCUT2D eigenvalue weighted by Crippen LogP contribution is -2.44. The summed E-state index contributed by atoms with van der Waals surface area (Å²) in [6.07, 6.45) is -3.25. The van der Waals surface area contributed by atoms with Gasteiger partial charge in [-0.05, 0) is 19.4 Å². The minimum Gasteiger partial charge on any atom is -0.394 e. The average molecular weight is 310 g/mol. The van der Waals surface area contributed by atoms with Crippen molar-refractivity contribution in [2.45, 2.75) is 56.9 Å². The van der Waals surface area contributed by atoms with E-state index in [1.165, 1.54) is 0 Å². The van der Waals surface area contributed by atoms with E-state index < -0.39 is 43.1 Å². The van der Waals surface area contributed by atoms with E-state index in [-0.39, 0.29) is 0 Å². The quantitative estimate of drug-likeness (QED) is 0.838. The second kappa shape index (κ2) is 6.23. The fourth-order valence-corrected chi connectivity index (χ4v) is 2.87. The third-order valence-corrected chi connectivity index (χ3v) is 3.88. The molecule has 0 spiro atoms. The molecule has 0 saturated carbocycles. The molecule has 0 aliphatic carbocycles. The first-order valence-corrected chi connectivity index (χ1v) is 7.46. The Labute approximate surface area is 129 Å². The van der Waals surface area contributed by atoms with Crippen LogP contribution in [0.4, 0.5) is 0 Å². The van der Waals surface area contributed by atoms with Gasteiger partial charge in [-0.3, -0.25) is 0 Å². The molecule has 2 aliphatic heterocycles. The van der Waals surface area contributed by atoms with Gasteiger partial charge in [0.2, 0.25) is 0 Å². The van der Waals surface area contributed by atoms with Crippen molar-refractivity contribution in [3.63, 3.8) is 0 Å². The van der Waals surface area contributed by atoms with Crippen molar-refractivity contribution in [3.05, 3.63) is 35.9 Å². The van der Waals surface area contributed by atoms with Gasteiger partial charge in [-0.1, -0.05) is 30.3 Å². The number of rotatable bonds is 5. The monoisotopic (exact) mass is 310 g/mol. The third kappa shape index (κ3) is 3.17. The first-order chi connectivity index (χ1) is 10.5. The van der Waals surface area contributed by atoms with Crippen LogP contribution < -0.4 is 0 Å². The second-order valence-electron chi connectivity index (χ2n) is 6.08. The van der Waals surface area contributed by atoms with Crippen LogP contribution >= 0.6 is 0 Å². The minimum absolute atomic E-state index is 0.372. The zero-order valence-corrected chi connectivity index (χ0v) is 12.7. The molecule has 0 aromatic heterocycles. The maximum atomic E-state index is 9.94. The van der Waals surface area contributed by atoms with Gasteiger partial charge >= 0.3 is 0 Å². The molecule has 22 heavy (non-hydrogen) atoms. The maximum Gasteiger partial charge on any atom is 0.190 e. The molecule has 2 heterocycles. The van der Waals surface area contributed by atoms with Crippen molar-refractivity contribution in [2.24, 2.45) is 0 Å². The van der Waals surface area contributed by atoms with Gasteiger partial charge < -0.3 is 29.2 Å². The molecule has 122 valence electrons. The lowest BCUT2D eigenvalue weighted by molar-refractivity contribution is -0.232. The molecular weight excluding hydrogens is 288 g/mol. The highest BCUT2D eigenvalue weighted by Crippen LogP contribution is 2.39. The number of ether oxygens (including phenoxy) is 4. The molecule has 2 aliphatic rings. The largest absolute Gasteiger partial charge is 0.394 e. The van der Waals surface area contributed by atoms with Gasteiger partial charge in [0.05, 0.1) is 13.2 Å². The van der Waals surface area contributed by atoms with Gasteiger partial charge in [0.1, 0.15) is 24.4 Å². The molecule has 0 radical (unpaired) electrons. The maximum absolute atomic E-state index is 9.94. The summed E-state index contributed by atoms with van der Waals surface area (Å²) in [5.41, 5.74) is 1.02. The van der Waals surface area contributed by atoms with Crippen LogP contribution in [0.5, 0.6) is 0 Å². The van der Waals surface area contributed by atoms with Gasteiger partial charge in [0, 0.05) is 0 Å². The molecule has 0 amide bonds. The smallest absolute Gasteiger partial charge is 0.190 e. The average Bonchev–Trinajstić information content (AvgIpc) is 2.97. The Hall–Kier alpha value is -1.02. The molecule has 2 N–H and O–H groups in total. The van der Waals surface area contributed by atoms with Crippen molar-refractivity contribution in [3.8, 4) is 0 Å². The SMILES string of the molecule is CC1(C)O[C@H]2O[C@H]([C@H](O)CO)[C@H](OCc3ccccc3)[C@H]2O1. The minimum atomic E-state index is -1.04. The predicted molar refractivity (Wildman–Crippen MR) is 76.8 cm³/mol. The van der Waals surface area contributed by atoms with Crippen molar-refractivity contribution in [1.29, 1.82) is 0 Å². The Morgan fingerprint density at radius 2 is 1.95 bits per heavy atom. The normalized spacial score (nSPS) is 34.5. The zero-order valence-electron chi connectivity index (χ0n) is 12.7. The molecule has 6 heteroatoms. The lowest BCUT2D eigenvalue weighted by atomic mass is 10.1. The molecule has 5 atom stereocenters. The van der Waals surface area contributed by atoms with E-state index in [0.29, 0.717) is 6.61 Å². The number of hydrogen-bond acceptors (Lipinski definition) is 6. The van der Waals surface area contributed by atoms with E-state index in [0.717, 1.165) is 5.56 Å². The fourth-order valence-electron chi connectivity index (χ4n) is 2.87. The molecule has 3 rings (SSSR count). The van der Waals surface area contributed by atoms with Crippen molar-refractivity contribution < 1.29 is 29.2 Å². The highest BCUT2D eigenvalue weighted by atomic mass is 16.8. The molecule has 0 unspecified atom stereocenters. The van der Waals surface area contributed by atoms with E-state index in [9.17, 15) is 10.2 Å². The molecule has 2 saturated heterocycles. The summed E-state index contributed by atoms with van der Waals surface area (Å²) in [5, 5.41) is 19.1. The molecule has 1 aromatic rings. The van der Waals surface area contributed by atoms with Gasteiger partial charge in [-0.15, -0.1) is 0 Å². The van der Waals surface area contributed by atoms with Crippen LogP contribution in [0.15, 0.2) is 30.3 Å². The van der Waals surface area contributed by atoms with E-state index in [4.69, 9.17) is 18.9 Å². The third-order valence-electron chi connectivity index (χ3n) is 3.88. The van der Waals surface area contributed by atoms with E-state index in [1.807, 2.05) is 30.3 Å². The Balaban J connectivity index is 1.71. The number of benzene rings is 1. The first-order valence-electron chi connectivity index (χ1n) is 7.46. The summed E-state index contributed by atoms with van der Waals surface area (Å²) in [5.74, 6) is -0.751. The van der Waals surface area contributed by atoms with Crippen LogP contribution in [0.25, 0.3) is 0 Å². The van der Waals surface area contributed by atoms with Crippen molar-refractivity contribution in [2.75, 3.05) is 6.61 Å². The highest BCUT2D eigenvalue weighted by molar-refractivity contribution is 5.13. The number of aliphatic hydroxyl groups excluding tert-OH is 2. The molecule has 2 fully saturated rings. The summed E-state index contributed by atoms with van der Waals surface area (Å²) >= 11 is 0. The molecule has 6 nitrogen and oxygen atoms in total. The lowest BCUT2D eigenvalue weighted by Gasteiger charge is -2.28. The topological polar surface area (TPSA) is 77.4 Å². The summed E-state index contributed by atoms with van der Waals surface area (Å²) in [7, 11) is 0. The Kier molecular flexibility index (Phi) is 4.49. The number of hydrogen-bond donors (Lipinski definition) is 2. The van der Waals surface area contributed by atoms with Gasteiger partial charge in [-0.2, -0.15) is 0 Å². The zero-order chi connectivity index (χ0) is 15.7. The summed E-state index contributed by atoms with van der Waals surface area (Å²) in [6.45, 7) is 3.58. The highest BCUT2D eigenvalue weighted by Gasteiger charge is 2.56. The Morgan fingerprint density at radius 3 is 2.64 bits per heavy atom. The van der Waals surface area contributed by atoms with Crippen LogP contribution in [-0.4, -0.2) is 53.3 Å². The summed E-state index contributed by atoms with van der Waals surface area (Å²) < 4.78 is 23.1. The Morgan fingerprint density at radius 1 is 1.23 bits per heavy atom. The van der Waals surface area contributed by atoms with E-state index in [1.54, 1.807) is 13.8 Å². The number of fused-ring (bicyclic) bond motifs is 1. The van der Waals surface area contributed by atoms with Crippen molar-refractivity contribution in [1.82, 2.24) is 0 Å². The Bertz CT molecular complexity index is 491. The molecule has 0 bridgehead atoms. The summed E-state index contributed by atoms with van der Waals surface area (Å²) in [4.78, 5) is 0. The van der Waals surface area contributed by atoms with Crippen LogP contribution in [0.1, 0.15) is 19.4 Å². The fraction of sp³-hybridized carbons (Fsp3) is 0.625. The van der Waals surface area contributed by atoms with Crippen molar-refractivity contribution >= 4 is 0 Å². The molecular formula is C16H22O6. The standard InChI is InChI=1S/C16H22O6/c1-16(2)21-14-13(19-9-10-6-4-3-5-7-10)12(11(18)8-17)20-15(14)22-16/h3-7,11-15,17-18H,8-9H2,1-2H3/t11-,12-,13+,14-,15-/m1/s1. The summed E-state index contributed by atoms with van der Waals surface area (Å²) in [6, 6.07) is 9.73. The molecule has 1 aromatic carbocycles. The van der Waals surface area contributed by atoms with Gasteiger partial charge in [0.25, 0.3) is 0 Å². The predicted octanol–water partition coefficient (Wildman–Crippen LogP) is 0.801. The van der Waals surface area contributed by atoms with Gasteiger partial charge in [0.15, 0.2) is 12.1 Å². The van der Waals surface area contributed by atoms with Crippen LogP contribution in [-0.2, 0) is 25.6 Å². The van der Waals surface area contributed by atoms with E-state index in [2.05, 4.69) is 0 Å². The van der Waals surface area contributed by atoms with Gasteiger partial charge in [-0.25, -0.2) is 0 Å². The number of aliphatic hydroxyl groups is 2. The second-order valence-corrected chi connectivity index (χ2v) is 6.08. The van der Waals surface area contributed by atoms with Crippen LogP contribution in [0.2, 0.25) is 0 Å². The van der Waals surface area contributed by atoms with Crippen LogP contribution in [0.3, 0.4) is 0 Å². The van der Waals surface area contributed by atoms with E-state index >= 15 is 0 Å². The van der Waals surface area contributed by atoms with Crippen LogP contribution in [0, 0.1) is 0 Å². The first kappa shape index (κ1) is 15.9.